The lowest BCUT2D eigenvalue weighted by molar-refractivity contribution is 0.768. The van der Waals surface area contributed by atoms with Gasteiger partial charge in [-0.25, -0.2) is 0 Å². The maximum absolute atomic E-state index is 4.07. The molecule has 0 saturated heterocycles. The Balaban J connectivity index is 2.45. The van der Waals surface area contributed by atoms with Crippen molar-refractivity contribution in [2.75, 3.05) is 0 Å². The first-order valence-electron chi connectivity index (χ1n) is 3.67. The molecule has 2 rings (SSSR count). The van der Waals surface area contributed by atoms with Crippen molar-refractivity contribution >= 4 is 0 Å². The average molecular weight is 158 g/mol. The van der Waals surface area contributed by atoms with E-state index in [1.54, 1.807) is 17.1 Å². The number of nitrogens with zero attached hydrogens (tertiary/aromatic N) is 3. The number of rotatable bonds is 1. The summed E-state index contributed by atoms with van der Waals surface area (Å²) in [6, 6.07) is 4.95. The van der Waals surface area contributed by atoms with Crippen LogP contribution in [0, 0.1) is 6.07 Å². The third-order valence-corrected chi connectivity index (χ3v) is 1.64. The van der Waals surface area contributed by atoms with Gasteiger partial charge >= 0.3 is 0 Å². The van der Waals surface area contributed by atoms with E-state index in [1.165, 1.54) is 0 Å². The van der Waals surface area contributed by atoms with Crippen LogP contribution in [0.2, 0.25) is 0 Å². The maximum Gasteiger partial charge on any atom is 0.0568 e. The van der Waals surface area contributed by atoms with E-state index in [-0.39, 0.29) is 0 Å². The highest BCUT2D eigenvalue weighted by Crippen LogP contribution is 2.15. The van der Waals surface area contributed by atoms with Crippen LogP contribution in [-0.2, 0) is 7.05 Å². The molecule has 0 spiro atoms. The highest BCUT2D eigenvalue weighted by atomic mass is 15.2. The van der Waals surface area contributed by atoms with E-state index in [2.05, 4.69) is 16.1 Å². The largest absolute Gasteiger partial charge is 0.275 e. The summed E-state index contributed by atoms with van der Waals surface area (Å²) in [7, 11) is 1.89. The molecule has 12 heavy (non-hydrogen) atoms. The van der Waals surface area contributed by atoms with Crippen LogP contribution in [0.25, 0.3) is 11.1 Å². The van der Waals surface area contributed by atoms with E-state index >= 15 is 0 Å². The Labute approximate surface area is 70.7 Å². The molecule has 0 aromatic carbocycles. The quantitative estimate of drug-likeness (QED) is 0.626. The molecular weight excluding hydrogens is 150 g/mol. The van der Waals surface area contributed by atoms with Gasteiger partial charge in [0.15, 0.2) is 0 Å². The van der Waals surface area contributed by atoms with Crippen LogP contribution < -0.4 is 0 Å². The fourth-order valence-electron chi connectivity index (χ4n) is 1.06. The Morgan fingerprint density at radius 2 is 2.42 bits per heavy atom. The first-order chi connectivity index (χ1) is 5.86. The molecule has 3 nitrogen and oxygen atoms in total. The predicted molar refractivity (Wildman–Crippen MR) is 45.3 cm³/mol. The lowest BCUT2D eigenvalue weighted by atomic mass is 10.2. The standard InChI is InChI=1S/C9H8N3/c1-12-7-9(6-11-12)8-2-4-10-5-3-8/h2,4-7H,1H3. The zero-order valence-electron chi connectivity index (χ0n) is 6.73. The number of hydrogen-bond acceptors (Lipinski definition) is 2. The molecule has 2 aromatic heterocycles. The van der Waals surface area contributed by atoms with Crippen molar-refractivity contribution in [3.63, 3.8) is 0 Å². The molecule has 0 fully saturated rings. The van der Waals surface area contributed by atoms with Gasteiger partial charge in [-0.15, -0.1) is 0 Å². The minimum absolute atomic E-state index is 1.03. The second-order valence-electron chi connectivity index (χ2n) is 2.55. The van der Waals surface area contributed by atoms with Crippen LogP contribution in [0.5, 0.6) is 0 Å². The summed E-state index contributed by atoms with van der Waals surface area (Å²) in [6.07, 6.45) is 7.17. The SMILES string of the molecule is Cn1cc(-c2[c]cncc2)cn1. The zero-order chi connectivity index (χ0) is 8.39. The van der Waals surface area contributed by atoms with Gasteiger partial charge in [0.25, 0.3) is 0 Å². The van der Waals surface area contributed by atoms with Gasteiger partial charge in [0.1, 0.15) is 0 Å². The van der Waals surface area contributed by atoms with Crippen LogP contribution in [0.1, 0.15) is 0 Å². The molecule has 2 heterocycles. The highest BCUT2D eigenvalue weighted by molar-refractivity contribution is 5.59. The Kier molecular flexibility index (Phi) is 1.63. The maximum atomic E-state index is 4.07. The lowest BCUT2D eigenvalue weighted by Crippen LogP contribution is -1.84. The van der Waals surface area contributed by atoms with Crippen LogP contribution in [0.15, 0.2) is 30.9 Å². The van der Waals surface area contributed by atoms with E-state index in [0.29, 0.717) is 0 Å². The van der Waals surface area contributed by atoms with Crippen LogP contribution in [0.3, 0.4) is 0 Å². The number of aryl methyl sites for hydroxylation is 1. The molecule has 0 aliphatic carbocycles. The third kappa shape index (κ3) is 1.21. The Hall–Kier alpha value is -1.64. The fraction of sp³-hybridized carbons (Fsp3) is 0.111. The summed E-state index contributed by atoms with van der Waals surface area (Å²) in [5.41, 5.74) is 2.10. The molecule has 2 aromatic rings. The minimum atomic E-state index is 1.03. The molecule has 0 atom stereocenters. The first kappa shape index (κ1) is 7.03. The summed E-state index contributed by atoms with van der Waals surface area (Å²) in [6.45, 7) is 0. The van der Waals surface area contributed by atoms with Gasteiger partial charge in [-0.2, -0.15) is 5.10 Å². The van der Waals surface area contributed by atoms with Crippen molar-refractivity contribution in [3.05, 3.63) is 36.9 Å². The van der Waals surface area contributed by atoms with Crippen molar-refractivity contribution in [2.45, 2.75) is 0 Å². The van der Waals surface area contributed by atoms with Crippen molar-refractivity contribution in [1.82, 2.24) is 14.8 Å². The lowest BCUT2D eigenvalue weighted by Gasteiger charge is -1.92. The summed E-state index contributed by atoms with van der Waals surface area (Å²) in [5, 5.41) is 4.07. The number of aromatic nitrogens is 3. The minimum Gasteiger partial charge on any atom is -0.275 e. The summed E-state index contributed by atoms with van der Waals surface area (Å²) >= 11 is 0. The molecule has 59 valence electrons. The smallest absolute Gasteiger partial charge is 0.0568 e. The Bertz CT molecular complexity index is 364. The molecule has 0 bridgehead atoms. The van der Waals surface area contributed by atoms with Crippen LogP contribution in [0.4, 0.5) is 0 Å². The van der Waals surface area contributed by atoms with Crippen molar-refractivity contribution in [3.8, 4) is 11.1 Å². The number of hydrogen-bond donors (Lipinski definition) is 0. The van der Waals surface area contributed by atoms with E-state index in [0.717, 1.165) is 11.1 Å². The van der Waals surface area contributed by atoms with Crippen LogP contribution in [-0.4, -0.2) is 14.8 Å². The molecule has 0 unspecified atom stereocenters. The van der Waals surface area contributed by atoms with Crippen molar-refractivity contribution < 1.29 is 0 Å². The van der Waals surface area contributed by atoms with Gasteiger partial charge in [-0.1, -0.05) is 0 Å². The van der Waals surface area contributed by atoms with Gasteiger partial charge in [-0.3, -0.25) is 9.67 Å². The Morgan fingerprint density at radius 1 is 1.50 bits per heavy atom. The second-order valence-corrected chi connectivity index (χ2v) is 2.55. The summed E-state index contributed by atoms with van der Waals surface area (Å²) < 4.78 is 1.77. The molecule has 0 saturated carbocycles. The molecular formula is C9H8N3. The average Bonchev–Trinajstić information content (AvgIpc) is 2.54. The number of pyridine rings is 1. The van der Waals surface area contributed by atoms with E-state index in [9.17, 15) is 0 Å². The van der Waals surface area contributed by atoms with Crippen molar-refractivity contribution in [2.24, 2.45) is 7.05 Å². The third-order valence-electron chi connectivity index (χ3n) is 1.64. The molecule has 3 heteroatoms. The predicted octanol–water partition coefficient (Wildman–Crippen LogP) is 1.28. The van der Waals surface area contributed by atoms with Crippen LogP contribution >= 0.6 is 0 Å². The van der Waals surface area contributed by atoms with Gasteiger partial charge in [0.05, 0.1) is 6.20 Å². The first-order valence-corrected chi connectivity index (χ1v) is 3.67. The Morgan fingerprint density at radius 3 is 3.00 bits per heavy atom. The van der Waals surface area contributed by atoms with Crippen molar-refractivity contribution in [1.29, 1.82) is 0 Å². The second kappa shape index (κ2) is 2.77. The normalized spacial score (nSPS) is 10.1. The van der Waals surface area contributed by atoms with Gasteiger partial charge < -0.3 is 0 Å². The fourth-order valence-corrected chi connectivity index (χ4v) is 1.06. The summed E-state index contributed by atoms with van der Waals surface area (Å²) in [4.78, 5) is 3.89. The monoisotopic (exact) mass is 158 g/mol. The molecule has 0 amide bonds. The van der Waals surface area contributed by atoms with Gasteiger partial charge in [0.2, 0.25) is 0 Å². The molecule has 1 radical (unpaired) electrons. The van der Waals surface area contributed by atoms with E-state index in [4.69, 9.17) is 0 Å². The zero-order valence-corrected chi connectivity index (χ0v) is 6.73. The molecule has 0 aliphatic heterocycles. The van der Waals surface area contributed by atoms with E-state index < -0.39 is 0 Å². The summed E-state index contributed by atoms with van der Waals surface area (Å²) in [5.74, 6) is 0. The topological polar surface area (TPSA) is 30.7 Å². The molecule has 0 aliphatic rings. The van der Waals surface area contributed by atoms with Gasteiger partial charge in [-0.05, 0) is 11.6 Å². The molecule has 0 N–H and O–H groups in total. The van der Waals surface area contributed by atoms with Gasteiger partial charge in [0, 0.05) is 37.3 Å². The van der Waals surface area contributed by atoms with E-state index in [1.807, 2.05) is 25.5 Å². The highest BCUT2D eigenvalue weighted by Gasteiger charge is 1.97.